The molecule has 0 radical (unpaired) electrons. The lowest BCUT2D eigenvalue weighted by atomic mass is 10.1. The van der Waals surface area contributed by atoms with Gasteiger partial charge in [-0.2, -0.15) is 0 Å². The highest BCUT2D eigenvalue weighted by molar-refractivity contribution is 7.92. The standard InChI is InChI=1S/C32H28ClN7O4S/c1-3-44-30-11-9-25(38-32(41)20-4-7-24(33)8-5-20)14-31(30)45(42,43)40-26-12-22(17-36-18-26)21-6-10-27-28(13-21)39-29(19-37-27)23(15-34)16-35-2/h4-19,40H,3,34H2,1-2H3,(H,38,41)/b23-15+,35-16?. The number of hydrogen-bond donors (Lipinski definition) is 3. The van der Waals surface area contributed by atoms with Crippen LogP contribution < -0.4 is 20.5 Å². The average molecular weight is 642 g/mol. The molecule has 3 aromatic carbocycles. The fraction of sp³-hybridized carbons (Fsp3) is 0.0938. The van der Waals surface area contributed by atoms with Crippen LogP contribution in [0.25, 0.3) is 27.7 Å². The van der Waals surface area contributed by atoms with Crippen LogP contribution in [0.2, 0.25) is 5.02 Å². The number of hydrogen-bond acceptors (Lipinski definition) is 9. The Bertz CT molecular complexity index is 2050. The Morgan fingerprint density at radius 3 is 2.51 bits per heavy atom. The maximum absolute atomic E-state index is 13.7. The van der Waals surface area contributed by atoms with Gasteiger partial charge in [-0.15, -0.1) is 0 Å². The van der Waals surface area contributed by atoms with Crippen molar-refractivity contribution in [3.63, 3.8) is 0 Å². The number of nitrogens with one attached hydrogen (secondary N) is 2. The van der Waals surface area contributed by atoms with Gasteiger partial charge in [0, 0.05) is 53.1 Å². The summed E-state index contributed by atoms with van der Waals surface area (Å²) < 4.78 is 35.5. The lowest BCUT2D eigenvalue weighted by Gasteiger charge is -2.15. The van der Waals surface area contributed by atoms with E-state index in [1.165, 1.54) is 24.5 Å². The van der Waals surface area contributed by atoms with Crippen molar-refractivity contribution in [3.05, 3.63) is 108 Å². The van der Waals surface area contributed by atoms with Crippen molar-refractivity contribution in [1.29, 1.82) is 0 Å². The third-order valence-corrected chi connectivity index (χ3v) is 8.16. The minimum Gasteiger partial charge on any atom is -0.492 e. The molecular formula is C32H28ClN7O4S. The van der Waals surface area contributed by atoms with Crippen LogP contribution in [0.15, 0.2) is 101 Å². The van der Waals surface area contributed by atoms with Crippen LogP contribution in [0.4, 0.5) is 11.4 Å². The van der Waals surface area contributed by atoms with Crippen molar-refractivity contribution in [2.24, 2.45) is 10.7 Å². The number of pyridine rings is 1. The first-order valence-corrected chi connectivity index (χ1v) is 15.5. The van der Waals surface area contributed by atoms with Gasteiger partial charge in [0.1, 0.15) is 10.6 Å². The smallest absolute Gasteiger partial charge is 0.265 e. The molecule has 1 amide bonds. The number of carbonyl (C=O) groups excluding carboxylic acids is 1. The van der Waals surface area contributed by atoms with E-state index in [4.69, 9.17) is 22.1 Å². The number of sulfonamides is 1. The zero-order chi connectivity index (χ0) is 32.0. The molecule has 2 heterocycles. The number of halogens is 1. The highest BCUT2D eigenvalue weighted by Crippen LogP contribution is 2.31. The molecule has 0 fully saturated rings. The number of carbonyl (C=O) groups is 1. The molecule has 13 heteroatoms. The molecule has 0 aliphatic heterocycles. The van der Waals surface area contributed by atoms with Crippen LogP contribution in [0.5, 0.6) is 5.75 Å². The van der Waals surface area contributed by atoms with Crippen LogP contribution >= 0.6 is 11.6 Å². The highest BCUT2D eigenvalue weighted by atomic mass is 35.5. The number of ether oxygens (including phenoxy) is 1. The predicted octanol–water partition coefficient (Wildman–Crippen LogP) is 5.80. The maximum atomic E-state index is 13.7. The van der Waals surface area contributed by atoms with Gasteiger partial charge in [-0.25, -0.2) is 13.4 Å². The molecule has 0 saturated carbocycles. The zero-order valence-electron chi connectivity index (χ0n) is 24.2. The summed E-state index contributed by atoms with van der Waals surface area (Å²) in [6.07, 6.45) is 7.64. The molecule has 4 N–H and O–H groups in total. The number of aromatic nitrogens is 3. The number of nitrogens with two attached hydrogens (primary N) is 1. The number of fused-ring (bicyclic) bond motifs is 1. The molecule has 2 aromatic heterocycles. The molecular weight excluding hydrogens is 614 g/mol. The van der Waals surface area contributed by atoms with E-state index in [0.29, 0.717) is 38.4 Å². The van der Waals surface area contributed by atoms with Gasteiger partial charge in [0.25, 0.3) is 15.9 Å². The maximum Gasteiger partial charge on any atom is 0.265 e. The molecule has 5 aromatic rings. The Morgan fingerprint density at radius 2 is 1.78 bits per heavy atom. The van der Waals surface area contributed by atoms with E-state index in [-0.39, 0.29) is 28.6 Å². The molecule has 0 bridgehead atoms. The van der Waals surface area contributed by atoms with E-state index in [1.807, 2.05) is 18.2 Å². The van der Waals surface area contributed by atoms with Gasteiger partial charge < -0.3 is 15.8 Å². The SMILES string of the molecule is CCOc1ccc(NC(=O)c2ccc(Cl)cc2)cc1S(=O)(=O)Nc1cncc(-c2ccc3ncc(/C(C=NC)=C/N)nc3c2)c1. The second-order valence-corrected chi connectivity index (χ2v) is 11.7. The minimum atomic E-state index is -4.19. The van der Waals surface area contributed by atoms with E-state index in [0.717, 1.165) is 5.56 Å². The average Bonchev–Trinajstić information content (AvgIpc) is 3.04. The summed E-state index contributed by atoms with van der Waals surface area (Å²) >= 11 is 5.92. The van der Waals surface area contributed by atoms with Crippen LogP contribution in [0, 0.1) is 0 Å². The molecule has 0 atom stereocenters. The molecule has 5 rings (SSSR count). The molecule has 45 heavy (non-hydrogen) atoms. The third-order valence-electron chi connectivity index (χ3n) is 6.51. The van der Waals surface area contributed by atoms with E-state index < -0.39 is 15.9 Å². The van der Waals surface area contributed by atoms with Crippen molar-refractivity contribution >= 4 is 61.7 Å². The second-order valence-electron chi connectivity index (χ2n) is 9.59. The first-order chi connectivity index (χ1) is 21.7. The van der Waals surface area contributed by atoms with Gasteiger partial charge in [-0.05, 0) is 73.2 Å². The van der Waals surface area contributed by atoms with E-state index >= 15 is 0 Å². The normalized spacial score (nSPS) is 11.9. The number of aliphatic imine (C=N–C) groups is 1. The summed E-state index contributed by atoms with van der Waals surface area (Å²) in [6, 6.07) is 17.9. The number of benzene rings is 3. The molecule has 0 saturated heterocycles. The van der Waals surface area contributed by atoms with E-state index in [1.54, 1.807) is 69.0 Å². The fourth-order valence-corrected chi connectivity index (χ4v) is 5.73. The minimum absolute atomic E-state index is 0.126. The Kier molecular flexibility index (Phi) is 9.36. The van der Waals surface area contributed by atoms with Gasteiger partial charge >= 0.3 is 0 Å². The lowest BCUT2D eigenvalue weighted by molar-refractivity contribution is 0.102. The number of amides is 1. The van der Waals surface area contributed by atoms with Crippen LogP contribution in [0.3, 0.4) is 0 Å². The summed E-state index contributed by atoms with van der Waals surface area (Å²) in [6.45, 7) is 1.98. The van der Waals surface area contributed by atoms with Crippen molar-refractivity contribution in [2.45, 2.75) is 11.8 Å². The van der Waals surface area contributed by atoms with Crippen LogP contribution in [-0.2, 0) is 10.0 Å². The Hall–Kier alpha value is -5.33. The monoisotopic (exact) mass is 641 g/mol. The second kappa shape index (κ2) is 13.5. The molecule has 0 aliphatic rings. The molecule has 0 spiro atoms. The van der Waals surface area contributed by atoms with Crippen LogP contribution in [-0.4, -0.2) is 49.1 Å². The Labute approximate surface area is 264 Å². The number of allylic oxidation sites excluding steroid dienone is 1. The summed E-state index contributed by atoms with van der Waals surface area (Å²) in [5.74, 6) is -0.300. The number of nitrogens with zero attached hydrogens (tertiary/aromatic N) is 4. The van der Waals surface area contributed by atoms with E-state index in [2.05, 4.69) is 30.0 Å². The molecule has 0 unspecified atom stereocenters. The summed E-state index contributed by atoms with van der Waals surface area (Å²) in [4.78, 5) is 30.0. The van der Waals surface area contributed by atoms with Crippen molar-refractivity contribution in [1.82, 2.24) is 15.0 Å². The van der Waals surface area contributed by atoms with E-state index in [9.17, 15) is 13.2 Å². The number of anilines is 2. The van der Waals surface area contributed by atoms with Crippen LogP contribution in [0.1, 0.15) is 23.0 Å². The molecule has 228 valence electrons. The van der Waals surface area contributed by atoms with Crippen molar-refractivity contribution in [3.8, 4) is 16.9 Å². The summed E-state index contributed by atoms with van der Waals surface area (Å²) in [5.41, 5.74) is 10.4. The first kappa shape index (κ1) is 31.1. The van der Waals surface area contributed by atoms with Crippen molar-refractivity contribution in [2.75, 3.05) is 23.7 Å². The quantitative estimate of drug-likeness (QED) is 0.161. The van der Waals surface area contributed by atoms with Crippen molar-refractivity contribution < 1.29 is 17.9 Å². The Morgan fingerprint density at radius 1 is 0.978 bits per heavy atom. The topological polar surface area (TPSA) is 162 Å². The summed E-state index contributed by atoms with van der Waals surface area (Å²) in [5, 5.41) is 3.21. The zero-order valence-corrected chi connectivity index (χ0v) is 25.8. The molecule has 11 nitrogen and oxygen atoms in total. The highest BCUT2D eigenvalue weighted by Gasteiger charge is 2.22. The largest absolute Gasteiger partial charge is 0.492 e. The van der Waals surface area contributed by atoms with Gasteiger partial charge in [-0.3, -0.25) is 24.5 Å². The van der Waals surface area contributed by atoms with Gasteiger partial charge in [0.05, 0.1) is 41.4 Å². The summed E-state index contributed by atoms with van der Waals surface area (Å²) in [7, 11) is -2.55. The van der Waals surface area contributed by atoms with Gasteiger partial charge in [0.15, 0.2) is 0 Å². The fourth-order valence-electron chi connectivity index (χ4n) is 4.40. The number of rotatable bonds is 10. The van der Waals surface area contributed by atoms with Gasteiger partial charge in [0.2, 0.25) is 0 Å². The first-order valence-electron chi connectivity index (χ1n) is 13.6. The Balaban J connectivity index is 1.43. The predicted molar refractivity (Wildman–Crippen MR) is 177 cm³/mol. The lowest BCUT2D eigenvalue weighted by Crippen LogP contribution is -2.16. The third kappa shape index (κ3) is 7.25. The van der Waals surface area contributed by atoms with Gasteiger partial charge in [-0.1, -0.05) is 17.7 Å². The molecule has 0 aliphatic carbocycles.